The molecule has 2 aliphatic carbocycles. The summed E-state index contributed by atoms with van der Waals surface area (Å²) in [6, 6.07) is 0.710. The summed E-state index contributed by atoms with van der Waals surface area (Å²) in [5.74, 6) is 2.85. The molecule has 26 heavy (non-hydrogen) atoms. The van der Waals surface area contributed by atoms with E-state index >= 15 is 0 Å². The summed E-state index contributed by atoms with van der Waals surface area (Å²) < 4.78 is 1.95. The van der Waals surface area contributed by atoms with E-state index in [-0.39, 0.29) is 17.9 Å². The molecule has 1 aromatic rings. The first-order valence-electron chi connectivity index (χ1n) is 9.77. The third-order valence-corrected chi connectivity index (χ3v) is 5.22. The van der Waals surface area contributed by atoms with Crippen LogP contribution in [0.1, 0.15) is 57.1 Å². The average Bonchev–Trinajstić information content (AvgIpc) is 3.39. The van der Waals surface area contributed by atoms with Gasteiger partial charge >= 0.3 is 0 Å². The van der Waals surface area contributed by atoms with E-state index in [1.54, 1.807) is 0 Å². The zero-order valence-corrected chi connectivity index (χ0v) is 16.1. The van der Waals surface area contributed by atoms with Gasteiger partial charge in [0.1, 0.15) is 12.4 Å². The fourth-order valence-corrected chi connectivity index (χ4v) is 3.36. The van der Waals surface area contributed by atoms with E-state index in [9.17, 15) is 4.79 Å². The van der Waals surface area contributed by atoms with Gasteiger partial charge in [-0.15, -0.1) is 10.2 Å². The number of hydrogen-bond donors (Lipinski definition) is 3. The monoisotopic (exact) mass is 361 g/mol. The fraction of sp³-hybridized carbons (Fsp3) is 0.778. The highest BCUT2D eigenvalue weighted by molar-refractivity contribution is 5.81. The average molecular weight is 361 g/mol. The number of rotatable bonds is 6. The molecule has 0 bridgehead atoms. The highest BCUT2D eigenvalue weighted by atomic mass is 16.2. The Morgan fingerprint density at radius 1 is 1.19 bits per heavy atom. The van der Waals surface area contributed by atoms with E-state index in [4.69, 9.17) is 0 Å². The lowest BCUT2D eigenvalue weighted by atomic mass is 9.85. The predicted octanol–water partition coefficient (Wildman–Crippen LogP) is 1.02. The smallest absolute Gasteiger partial charge is 0.223 e. The molecule has 1 amide bonds. The molecule has 2 unspecified atom stereocenters. The number of guanidine groups is 1. The minimum Gasteiger partial charge on any atom is -0.357 e. The molecule has 3 rings (SSSR count). The molecular formula is C18H31N7O. The molecule has 0 aromatic carbocycles. The second-order valence-electron chi connectivity index (χ2n) is 7.41. The molecule has 0 spiro atoms. The Hall–Kier alpha value is -2.12. The Bertz CT molecular complexity index is 650. The fourth-order valence-electron chi connectivity index (χ4n) is 3.36. The SMILES string of the molecule is CCNC(=NCc1nnc(C)n1C)NC1CCCC(C(=O)NC2CC2)C1. The molecule has 8 heteroatoms. The number of hydrogen-bond acceptors (Lipinski definition) is 4. The zero-order valence-electron chi connectivity index (χ0n) is 16.1. The van der Waals surface area contributed by atoms with Crippen LogP contribution in [0.4, 0.5) is 0 Å². The number of carbonyl (C=O) groups excluding carboxylic acids is 1. The van der Waals surface area contributed by atoms with Crippen molar-refractivity contribution in [1.82, 2.24) is 30.7 Å². The summed E-state index contributed by atoms with van der Waals surface area (Å²) in [7, 11) is 1.95. The van der Waals surface area contributed by atoms with Crippen molar-refractivity contribution in [1.29, 1.82) is 0 Å². The first kappa shape index (κ1) is 18.7. The van der Waals surface area contributed by atoms with E-state index in [1.807, 2.05) is 18.5 Å². The van der Waals surface area contributed by atoms with Gasteiger partial charge in [-0.3, -0.25) is 4.79 Å². The number of aromatic nitrogens is 3. The minimum atomic E-state index is 0.117. The van der Waals surface area contributed by atoms with Crippen molar-refractivity contribution >= 4 is 11.9 Å². The van der Waals surface area contributed by atoms with Gasteiger partial charge < -0.3 is 20.5 Å². The second-order valence-corrected chi connectivity index (χ2v) is 7.41. The lowest BCUT2D eigenvalue weighted by molar-refractivity contribution is -0.126. The quantitative estimate of drug-likeness (QED) is 0.519. The zero-order chi connectivity index (χ0) is 18.5. The molecule has 8 nitrogen and oxygen atoms in total. The number of carbonyl (C=O) groups is 1. The first-order chi connectivity index (χ1) is 12.6. The summed E-state index contributed by atoms with van der Waals surface area (Å²) in [6.45, 7) is 5.25. The van der Waals surface area contributed by atoms with Gasteiger partial charge in [0.05, 0.1) is 0 Å². The van der Waals surface area contributed by atoms with Gasteiger partial charge in [0.15, 0.2) is 11.8 Å². The maximum atomic E-state index is 12.4. The Kier molecular flexibility index (Phi) is 6.11. The van der Waals surface area contributed by atoms with Crippen molar-refractivity contribution in [2.24, 2.45) is 18.0 Å². The Balaban J connectivity index is 1.56. The van der Waals surface area contributed by atoms with E-state index < -0.39 is 0 Å². The van der Waals surface area contributed by atoms with Crippen LogP contribution in [0, 0.1) is 12.8 Å². The van der Waals surface area contributed by atoms with Crippen molar-refractivity contribution in [3.63, 3.8) is 0 Å². The number of nitrogens with one attached hydrogen (secondary N) is 3. The highest BCUT2D eigenvalue weighted by Crippen LogP contribution is 2.26. The maximum absolute atomic E-state index is 12.4. The molecule has 0 radical (unpaired) electrons. The molecule has 1 heterocycles. The molecule has 0 saturated heterocycles. The van der Waals surface area contributed by atoms with Crippen LogP contribution < -0.4 is 16.0 Å². The molecule has 144 valence electrons. The van der Waals surface area contributed by atoms with Crippen molar-refractivity contribution in [3.8, 4) is 0 Å². The van der Waals surface area contributed by atoms with Crippen molar-refractivity contribution in [2.75, 3.05) is 6.54 Å². The molecule has 2 fully saturated rings. The summed E-state index contributed by atoms with van der Waals surface area (Å²) in [4.78, 5) is 17.0. The predicted molar refractivity (Wildman–Crippen MR) is 101 cm³/mol. The molecule has 3 N–H and O–H groups in total. The van der Waals surface area contributed by atoms with Gasteiger partial charge in [-0.25, -0.2) is 4.99 Å². The van der Waals surface area contributed by atoms with Crippen molar-refractivity contribution < 1.29 is 4.79 Å². The van der Waals surface area contributed by atoms with Gasteiger partial charge in [0.2, 0.25) is 5.91 Å². The topological polar surface area (TPSA) is 96.2 Å². The summed E-state index contributed by atoms with van der Waals surface area (Å²) >= 11 is 0. The molecule has 2 saturated carbocycles. The van der Waals surface area contributed by atoms with Gasteiger partial charge in [0.25, 0.3) is 0 Å². The van der Waals surface area contributed by atoms with Crippen molar-refractivity contribution in [2.45, 2.75) is 71.0 Å². The molecule has 1 aromatic heterocycles. The van der Waals surface area contributed by atoms with Gasteiger partial charge in [-0.05, 0) is 46.0 Å². The van der Waals surface area contributed by atoms with Gasteiger partial charge in [-0.1, -0.05) is 6.42 Å². The van der Waals surface area contributed by atoms with E-state index in [1.165, 1.54) is 0 Å². The Morgan fingerprint density at radius 2 is 2.00 bits per heavy atom. The van der Waals surface area contributed by atoms with Crippen LogP contribution in [0.2, 0.25) is 0 Å². The number of amides is 1. The molecule has 2 atom stereocenters. The van der Waals surface area contributed by atoms with E-state index in [0.717, 1.165) is 62.7 Å². The normalized spacial score (nSPS) is 23.6. The Morgan fingerprint density at radius 3 is 2.65 bits per heavy atom. The minimum absolute atomic E-state index is 0.117. The van der Waals surface area contributed by atoms with E-state index in [0.29, 0.717) is 12.6 Å². The lowest BCUT2D eigenvalue weighted by Gasteiger charge is -2.30. The lowest BCUT2D eigenvalue weighted by Crippen LogP contribution is -2.47. The van der Waals surface area contributed by atoms with Crippen molar-refractivity contribution in [3.05, 3.63) is 11.6 Å². The molecular weight excluding hydrogens is 330 g/mol. The van der Waals surface area contributed by atoms with Crippen LogP contribution in [0.5, 0.6) is 0 Å². The molecule has 2 aliphatic rings. The van der Waals surface area contributed by atoms with Gasteiger partial charge in [-0.2, -0.15) is 0 Å². The third-order valence-electron chi connectivity index (χ3n) is 5.22. The number of aryl methyl sites for hydroxylation is 1. The van der Waals surface area contributed by atoms with Crippen LogP contribution in [0.25, 0.3) is 0 Å². The van der Waals surface area contributed by atoms with Crippen LogP contribution in [-0.4, -0.2) is 45.3 Å². The number of aliphatic imine (C=N–C) groups is 1. The first-order valence-corrected chi connectivity index (χ1v) is 9.77. The largest absolute Gasteiger partial charge is 0.357 e. The number of nitrogens with zero attached hydrogens (tertiary/aromatic N) is 4. The van der Waals surface area contributed by atoms with E-state index in [2.05, 4.69) is 38.1 Å². The third kappa shape index (κ3) is 4.95. The maximum Gasteiger partial charge on any atom is 0.223 e. The van der Waals surface area contributed by atoms with Crippen LogP contribution in [0.3, 0.4) is 0 Å². The second kappa shape index (κ2) is 8.51. The summed E-state index contributed by atoms with van der Waals surface area (Å²) in [5, 5.41) is 18.2. The van der Waals surface area contributed by atoms with Gasteiger partial charge in [0, 0.05) is 31.6 Å². The molecule has 0 aliphatic heterocycles. The highest BCUT2D eigenvalue weighted by Gasteiger charge is 2.31. The summed E-state index contributed by atoms with van der Waals surface area (Å²) in [5.41, 5.74) is 0. The van der Waals surface area contributed by atoms with Crippen LogP contribution in [-0.2, 0) is 18.4 Å². The standard InChI is InChI=1S/C18H31N7O/c1-4-19-18(20-11-16-24-23-12(2)25(16)3)22-15-7-5-6-13(10-15)17(26)21-14-8-9-14/h13-15H,4-11H2,1-3H3,(H,21,26)(H2,19,20,22). The van der Waals surface area contributed by atoms with Crippen LogP contribution >= 0.6 is 0 Å². The Labute approximate surface area is 155 Å². The van der Waals surface area contributed by atoms with Crippen LogP contribution in [0.15, 0.2) is 4.99 Å². The summed E-state index contributed by atoms with van der Waals surface area (Å²) in [6.07, 6.45) is 6.27.